The first-order valence-corrected chi connectivity index (χ1v) is 12.7. The van der Waals surface area contributed by atoms with E-state index in [9.17, 15) is 0 Å². The van der Waals surface area contributed by atoms with E-state index in [2.05, 4.69) is 83.8 Å². The summed E-state index contributed by atoms with van der Waals surface area (Å²) in [5.41, 5.74) is 7.16. The van der Waals surface area contributed by atoms with Crippen molar-refractivity contribution >= 4 is 49.6 Å². The van der Waals surface area contributed by atoms with Crippen LogP contribution in [0, 0.1) is 0 Å². The Morgan fingerprint density at radius 2 is 1.05 bits per heavy atom. The highest BCUT2D eigenvalue weighted by Crippen LogP contribution is 2.51. The minimum Gasteiger partial charge on any atom is -0.453 e. The Morgan fingerprint density at radius 1 is 0.447 bits per heavy atom. The van der Waals surface area contributed by atoms with Gasteiger partial charge in [0.1, 0.15) is 0 Å². The molecule has 0 aliphatic carbocycles. The van der Waals surface area contributed by atoms with Gasteiger partial charge in [-0.15, -0.1) is 0 Å². The molecule has 38 heavy (non-hydrogen) atoms. The number of aromatic nitrogens is 2. The largest absolute Gasteiger partial charge is 0.453 e. The Balaban J connectivity index is 1.39. The lowest BCUT2D eigenvalue weighted by molar-refractivity contribution is 0.477. The molecule has 0 bridgehead atoms. The van der Waals surface area contributed by atoms with E-state index < -0.39 is 0 Å². The van der Waals surface area contributed by atoms with Crippen molar-refractivity contribution in [1.29, 1.82) is 0 Å². The van der Waals surface area contributed by atoms with Gasteiger partial charge in [-0.25, -0.2) is 0 Å². The Kier molecular flexibility index (Phi) is 4.49. The minimum atomic E-state index is 0.827. The zero-order chi connectivity index (χ0) is 25.1. The van der Waals surface area contributed by atoms with Crippen LogP contribution in [0.3, 0.4) is 0 Å². The van der Waals surface area contributed by atoms with Crippen LogP contribution in [0.2, 0.25) is 0 Å². The van der Waals surface area contributed by atoms with E-state index in [1.54, 1.807) is 0 Å². The first-order valence-electron chi connectivity index (χ1n) is 12.7. The summed E-state index contributed by atoms with van der Waals surface area (Å²) in [7, 11) is 0. The molecule has 1 aliphatic heterocycles. The van der Waals surface area contributed by atoms with E-state index >= 15 is 0 Å². The lowest BCUT2D eigenvalue weighted by atomic mass is 9.95. The van der Waals surface area contributed by atoms with Crippen molar-refractivity contribution in [3.8, 4) is 22.6 Å². The maximum absolute atomic E-state index is 6.24. The number of hydrogen-bond donors (Lipinski definition) is 0. The van der Waals surface area contributed by atoms with Crippen LogP contribution < -0.4 is 9.64 Å². The highest BCUT2D eigenvalue weighted by Gasteiger charge is 2.27. The molecule has 0 atom stereocenters. The van der Waals surface area contributed by atoms with Crippen molar-refractivity contribution in [2.45, 2.75) is 0 Å². The summed E-state index contributed by atoms with van der Waals surface area (Å²) in [4.78, 5) is 12.0. The SMILES string of the molecule is c1ccc2c(c1)Oc1ccccc1N2c1ccnc2c1ccc1c(-c3cccc4ccccc34)ccnc12. The Morgan fingerprint density at radius 3 is 1.87 bits per heavy atom. The predicted molar refractivity (Wildman–Crippen MR) is 155 cm³/mol. The Hall–Kier alpha value is -5.22. The van der Waals surface area contributed by atoms with Crippen LogP contribution in [0.4, 0.5) is 17.1 Å². The standard InChI is InChI=1S/C34H21N3O/c1-2-10-23-22(8-1)9-7-11-24(23)25-18-20-35-33-26(25)16-17-27-28(19-21-36-34(27)33)37-29-12-3-5-14-31(29)38-32-15-6-4-13-30(32)37/h1-21H. The number of rotatable bonds is 2. The molecule has 3 heterocycles. The number of anilines is 3. The lowest BCUT2D eigenvalue weighted by Gasteiger charge is -2.33. The van der Waals surface area contributed by atoms with Gasteiger partial charge in [-0.1, -0.05) is 72.8 Å². The van der Waals surface area contributed by atoms with E-state index in [4.69, 9.17) is 14.7 Å². The molecule has 2 aromatic heterocycles. The summed E-state index contributed by atoms with van der Waals surface area (Å²) < 4.78 is 6.24. The summed E-state index contributed by atoms with van der Waals surface area (Å²) in [5, 5.41) is 4.57. The number of para-hydroxylation sites is 4. The van der Waals surface area contributed by atoms with Gasteiger partial charge in [-0.2, -0.15) is 0 Å². The van der Waals surface area contributed by atoms with Gasteiger partial charge in [0.25, 0.3) is 0 Å². The number of fused-ring (bicyclic) bond motifs is 6. The summed E-state index contributed by atoms with van der Waals surface area (Å²) in [6.45, 7) is 0. The maximum Gasteiger partial charge on any atom is 0.151 e. The molecule has 0 radical (unpaired) electrons. The molecular weight excluding hydrogens is 466 g/mol. The number of ether oxygens (including phenoxy) is 1. The summed E-state index contributed by atoms with van der Waals surface area (Å²) in [6.07, 6.45) is 3.77. The van der Waals surface area contributed by atoms with Crippen LogP contribution in [-0.2, 0) is 0 Å². The highest BCUT2D eigenvalue weighted by atomic mass is 16.5. The van der Waals surface area contributed by atoms with Crippen LogP contribution >= 0.6 is 0 Å². The van der Waals surface area contributed by atoms with E-state index in [0.29, 0.717) is 0 Å². The first kappa shape index (κ1) is 20.9. The number of benzene rings is 5. The maximum atomic E-state index is 6.24. The van der Waals surface area contributed by atoms with Gasteiger partial charge in [0.05, 0.1) is 28.1 Å². The average molecular weight is 488 g/mol. The van der Waals surface area contributed by atoms with Gasteiger partial charge >= 0.3 is 0 Å². The van der Waals surface area contributed by atoms with Gasteiger partial charge in [-0.3, -0.25) is 9.97 Å². The van der Waals surface area contributed by atoms with Gasteiger partial charge in [0.2, 0.25) is 0 Å². The van der Waals surface area contributed by atoms with Crippen molar-refractivity contribution in [3.05, 3.63) is 128 Å². The summed E-state index contributed by atoms with van der Waals surface area (Å²) in [6, 6.07) is 39.8. The molecule has 0 saturated heterocycles. The van der Waals surface area contributed by atoms with Crippen LogP contribution in [0.15, 0.2) is 128 Å². The molecule has 1 aliphatic rings. The second kappa shape index (κ2) is 8.15. The molecule has 8 rings (SSSR count). The topological polar surface area (TPSA) is 38.2 Å². The fraction of sp³-hybridized carbons (Fsp3) is 0. The van der Waals surface area contributed by atoms with E-state index in [1.807, 2.05) is 48.8 Å². The second-order valence-electron chi connectivity index (χ2n) is 9.45. The molecule has 0 N–H and O–H groups in total. The molecule has 0 saturated carbocycles. The monoisotopic (exact) mass is 487 g/mol. The van der Waals surface area contributed by atoms with Crippen molar-refractivity contribution in [1.82, 2.24) is 9.97 Å². The smallest absolute Gasteiger partial charge is 0.151 e. The molecule has 4 nitrogen and oxygen atoms in total. The summed E-state index contributed by atoms with van der Waals surface area (Å²) in [5.74, 6) is 1.65. The molecular formula is C34H21N3O. The van der Waals surface area contributed by atoms with Crippen LogP contribution in [0.25, 0.3) is 43.7 Å². The summed E-state index contributed by atoms with van der Waals surface area (Å²) >= 11 is 0. The van der Waals surface area contributed by atoms with E-state index in [1.165, 1.54) is 16.3 Å². The molecule has 0 unspecified atom stereocenters. The zero-order valence-corrected chi connectivity index (χ0v) is 20.4. The molecule has 5 aromatic carbocycles. The number of pyridine rings is 2. The van der Waals surface area contributed by atoms with E-state index in [-0.39, 0.29) is 0 Å². The van der Waals surface area contributed by atoms with Crippen LogP contribution in [0.5, 0.6) is 11.5 Å². The van der Waals surface area contributed by atoms with Crippen molar-refractivity contribution < 1.29 is 4.74 Å². The van der Waals surface area contributed by atoms with Crippen LogP contribution in [-0.4, -0.2) is 9.97 Å². The van der Waals surface area contributed by atoms with Gasteiger partial charge in [0.15, 0.2) is 11.5 Å². The Labute approximate surface area is 219 Å². The average Bonchev–Trinajstić information content (AvgIpc) is 2.99. The number of hydrogen-bond acceptors (Lipinski definition) is 4. The molecule has 0 spiro atoms. The Bertz CT molecular complexity index is 1980. The third kappa shape index (κ3) is 3.04. The lowest BCUT2D eigenvalue weighted by Crippen LogP contribution is -2.16. The van der Waals surface area contributed by atoms with Crippen molar-refractivity contribution in [2.75, 3.05) is 4.90 Å². The fourth-order valence-corrected chi connectivity index (χ4v) is 5.67. The second-order valence-corrected chi connectivity index (χ2v) is 9.45. The van der Waals surface area contributed by atoms with E-state index in [0.717, 1.165) is 55.9 Å². The third-order valence-electron chi connectivity index (χ3n) is 7.35. The third-order valence-corrected chi connectivity index (χ3v) is 7.35. The van der Waals surface area contributed by atoms with Crippen molar-refractivity contribution in [2.24, 2.45) is 0 Å². The first-order chi connectivity index (χ1) is 18.9. The van der Waals surface area contributed by atoms with Crippen molar-refractivity contribution in [3.63, 3.8) is 0 Å². The molecule has 7 aromatic rings. The fourth-order valence-electron chi connectivity index (χ4n) is 5.67. The quantitative estimate of drug-likeness (QED) is 0.228. The minimum absolute atomic E-state index is 0.827. The van der Waals surface area contributed by atoms with Gasteiger partial charge in [0, 0.05) is 23.2 Å². The zero-order valence-electron chi connectivity index (χ0n) is 20.4. The molecule has 4 heteroatoms. The van der Waals surface area contributed by atoms with Gasteiger partial charge < -0.3 is 9.64 Å². The predicted octanol–water partition coefficient (Wildman–Crippen LogP) is 9.18. The molecule has 0 amide bonds. The van der Waals surface area contributed by atoms with Gasteiger partial charge in [-0.05, 0) is 64.4 Å². The molecule has 178 valence electrons. The number of nitrogens with zero attached hydrogens (tertiary/aromatic N) is 3. The molecule has 0 fully saturated rings. The highest BCUT2D eigenvalue weighted by molar-refractivity contribution is 6.14. The van der Waals surface area contributed by atoms with Crippen LogP contribution in [0.1, 0.15) is 0 Å². The normalized spacial score (nSPS) is 12.4.